The van der Waals surface area contributed by atoms with Crippen LogP contribution in [-0.2, 0) is 9.53 Å². The molecule has 0 fully saturated rings. The zero-order valence-corrected chi connectivity index (χ0v) is 12.5. The van der Waals surface area contributed by atoms with Crippen molar-refractivity contribution in [3.63, 3.8) is 0 Å². The summed E-state index contributed by atoms with van der Waals surface area (Å²) in [6.45, 7) is 5.13. The van der Waals surface area contributed by atoms with Gasteiger partial charge in [0.2, 0.25) is 0 Å². The first-order valence-corrected chi connectivity index (χ1v) is 6.41. The summed E-state index contributed by atoms with van der Waals surface area (Å²) in [5.74, 6) is 0.449. The zero-order valence-electron chi connectivity index (χ0n) is 12.5. The maximum absolute atomic E-state index is 12.0. The fraction of sp³-hybridized carbons (Fsp3) is 0.312. The molecule has 114 valence electrons. The van der Waals surface area contributed by atoms with Gasteiger partial charge in [-0.25, -0.2) is 9.59 Å². The number of nitriles is 1. The molecule has 0 saturated heterocycles. The van der Waals surface area contributed by atoms with Crippen molar-refractivity contribution in [2.75, 3.05) is 5.32 Å². The Labute approximate surface area is 128 Å². The molecule has 0 aliphatic rings. The molecule has 6 heteroatoms. The van der Waals surface area contributed by atoms with Crippen LogP contribution in [0.25, 0.3) is 0 Å². The van der Waals surface area contributed by atoms with E-state index in [0.29, 0.717) is 0 Å². The normalized spacial score (nSPS) is 11.7. The van der Waals surface area contributed by atoms with Crippen LogP contribution < -0.4 is 5.32 Å². The standard InChI is InChI=1S/C16H16N2O4/c1-5-12(15(21)22-16(2,3)4)18-13-7-6-10(14(19)20)8-11(13)9-17/h1,6-8,12,18H,2-4H3,(H,19,20). The average Bonchev–Trinajstić information content (AvgIpc) is 2.42. The van der Waals surface area contributed by atoms with Gasteiger partial charge >= 0.3 is 11.9 Å². The van der Waals surface area contributed by atoms with E-state index in [1.54, 1.807) is 20.8 Å². The molecule has 0 heterocycles. The number of ether oxygens (including phenoxy) is 1. The predicted octanol–water partition coefficient (Wildman–Crippen LogP) is 2.01. The maximum Gasteiger partial charge on any atom is 0.341 e. The molecule has 1 unspecified atom stereocenters. The van der Waals surface area contributed by atoms with Crippen molar-refractivity contribution in [3.8, 4) is 18.4 Å². The van der Waals surface area contributed by atoms with E-state index in [1.807, 2.05) is 6.07 Å². The Hall–Kier alpha value is -2.99. The highest BCUT2D eigenvalue weighted by Gasteiger charge is 2.24. The van der Waals surface area contributed by atoms with E-state index in [9.17, 15) is 9.59 Å². The Balaban J connectivity index is 3.02. The molecule has 0 amide bonds. The number of carbonyl (C=O) groups excluding carboxylic acids is 1. The fourth-order valence-electron chi connectivity index (χ4n) is 1.58. The molecule has 1 rings (SSSR count). The third-order valence-electron chi connectivity index (χ3n) is 2.50. The molecule has 1 aromatic rings. The summed E-state index contributed by atoms with van der Waals surface area (Å²) in [6.07, 6.45) is 5.32. The van der Waals surface area contributed by atoms with Crippen LogP contribution in [0.4, 0.5) is 5.69 Å². The summed E-state index contributed by atoms with van der Waals surface area (Å²) < 4.78 is 5.18. The second-order valence-corrected chi connectivity index (χ2v) is 5.45. The highest BCUT2D eigenvalue weighted by molar-refractivity contribution is 5.89. The average molecular weight is 300 g/mol. The van der Waals surface area contributed by atoms with Crippen molar-refractivity contribution in [1.29, 1.82) is 5.26 Å². The number of esters is 1. The van der Waals surface area contributed by atoms with Gasteiger partial charge in [0.1, 0.15) is 11.7 Å². The molecule has 0 aromatic heterocycles. The van der Waals surface area contributed by atoms with E-state index in [-0.39, 0.29) is 16.8 Å². The van der Waals surface area contributed by atoms with Crippen molar-refractivity contribution < 1.29 is 19.4 Å². The minimum absolute atomic E-state index is 0.0309. The zero-order chi connectivity index (χ0) is 16.9. The van der Waals surface area contributed by atoms with Crippen molar-refractivity contribution >= 4 is 17.6 Å². The lowest BCUT2D eigenvalue weighted by atomic mass is 10.1. The SMILES string of the molecule is C#CC(Nc1ccc(C(=O)O)cc1C#N)C(=O)OC(C)(C)C. The highest BCUT2D eigenvalue weighted by Crippen LogP contribution is 2.19. The number of benzene rings is 1. The van der Waals surface area contributed by atoms with E-state index in [2.05, 4.69) is 11.2 Å². The third-order valence-corrected chi connectivity index (χ3v) is 2.50. The van der Waals surface area contributed by atoms with Gasteiger partial charge in [0.15, 0.2) is 6.04 Å². The molecule has 2 N–H and O–H groups in total. The number of rotatable bonds is 4. The number of hydrogen-bond acceptors (Lipinski definition) is 5. The molecular weight excluding hydrogens is 284 g/mol. The van der Waals surface area contributed by atoms with Gasteiger partial charge in [-0.3, -0.25) is 0 Å². The van der Waals surface area contributed by atoms with Gasteiger partial charge in [-0.1, -0.05) is 5.92 Å². The first kappa shape index (κ1) is 17.1. The van der Waals surface area contributed by atoms with E-state index < -0.39 is 23.6 Å². The summed E-state index contributed by atoms with van der Waals surface area (Å²) in [5.41, 5.74) is -0.388. The largest absolute Gasteiger partial charge is 0.478 e. The number of carboxylic acid groups (broad SMARTS) is 1. The van der Waals surface area contributed by atoms with Crippen LogP contribution in [0, 0.1) is 23.7 Å². The van der Waals surface area contributed by atoms with Gasteiger partial charge in [-0.15, -0.1) is 6.42 Å². The summed E-state index contributed by atoms with van der Waals surface area (Å²) >= 11 is 0. The number of nitrogens with zero attached hydrogens (tertiary/aromatic N) is 1. The second-order valence-electron chi connectivity index (χ2n) is 5.45. The lowest BCUT2D eigenvalue weighted by molar-refractivity contribution is -0.154. The molecule has 1 aromatic carbocycles. The minimum Gasteiger partial charge on any atom is -0.478 e. The number of anilines is 1. The lowest BCUT2D eigenvalue weighted by Gasteiger charge is -2.23. The predicted molar refractivity (Wildman–Crippen MR) is 80.2 cm³/mol. The van der Waals surface area contributed by atoms with Crippen LogP contribution in [0.1, 0.15) is 36.7 Å². The van der Waals surface area contributed by atoms with Crippen molar-refractivity contribution in [2.24, 2.45) is 0 Å². The molecule has 22 heavy (non-hydrogen) atoms. The fourth-order valence-corrected chi connectivity index (χ4v) is 1.58. The highest BCUT2D eigenvalue weighted by atomic mass is 16.6. The number of terminal acetylenes is 1. The first-order valence-electron chi connectivity index (χ1n) is 6.41. The van der Waals surface area contributed by atoms with Crippen LogP contribution in [0.15, 0.2) is 18.2 Å². The van der Waals surface area contributed by atoms with Gasteiger partial charge in [-0.05, 0) is 39.0 Å². The molecule has 0 radical (unpaired) electrons. The summed E-state index contributed by atoms with van der Waals surface area (Å²) in [4.78, 5) is 22.9. The number of nitrogens with one attached hydrogen (secondary N) is 1. The molecule has 1 atom stereocenters. The summed E-state index contributed by atoms with van der Waals surface area (Å²) in [6, 6.07) is 4.68. The third kappa shape index (κ3) is 4.53. The summed E-state index contributed by atoms with van der Waals surface area (Å²) in [5, 5.41) is 20.7. The number of hydrogen-bond donors (Lipinski definition) is 2. The van der Waals surface area contributed by atoms with Crippen molar-refractivity contribution in [1.82, 2.24) is 0 Å². The van der Waals surface area contributed by atoms with Gasteiger partial charge in [-0.2, -0.15) is 5.26 Å². The van der Waals surface area contributed by atoms with E-state index in [4.69, 9.17) is 21.5 Å². The topological polar surface area (TPSA) is 99.4 Å². The molecular formula is C16H16N2O4. The van der Waals surface area contributed by atoms with Crippen molar-refractivity contribution in [2.45, 2.75) is 32.4 Å². The van der Waals surface area contributed by atoms with E-state index in [1.165, 1.54) is 18.2 Å². The van der Waals surface area contributed by atoms with E-state index >= 15 is 0 Å². The molecule has 6 nitrogen and oxygen atoms in total. The quantitative estimate of drug-likeness (QED) is 0.652. The number of aromatic carboxylic acids is 1. The van der Waals surface area contributed by atoms with E-state index in [0.717, 1.165) is 0 Å². The molecule has 0 aliphatic heterocycles. The Bertz CT molecular complexity index is 675. The van der Waals surface area contributed by atoms with Gasteiger partial charge in [0, 0.05) is 0 Å². The van der Waals surface area contributed by atoms with Crippen molar-refractivity contribution in [3.05, 3.63) is 29.3 Å². The number of carboxylic acids is 1. The smallest absolute Gasteiger partial charge is 0.341 e. The van der Waals surface area contributed by atoms with Gasteiger partial charge < -0.3 is 15.2 Å². The van der Waals surface area contributed by atoms with Crippen LogP contribution >= 0.6 is 0 Å². The molecule has 0 bridgehead atoms. The Morgan fingerprint density at radius 1 is 1.41 bits per heavy atom. The second kappa shape index (κ2) is 6.64. The maximum atomic E-state index is 12.0. The lowest BCUT2D eigenvalue weighted by Crippen LogP contribution is -2.35. The first-order chi connectivity index (χ1) is 10.2. The van der Waals surface area contributed by atoms with Gasteiger partial charge in [0.05, 0.1) is 16.8 Å². The van der Waals surface area contributed by atoms with Crippen LogP contribution in [0.2, 0.25) is 0 Å². The summed E-state index contributed by atoms with van der Waals surface area (Å²) in [7, 11) is 0. The Morgan fingerprint density at radius 3 is 2.50 bits per heavy atom. The molecule has 0 aliphatic carbocycles. The monoisotopic (exact) mass is 300 g/mol. The van der Waals surface area contributed by atoms with Crippen LogP contribution in [0.5, 0.6) is 0 Å². The van der Waals surface area contributed by atoms with Crippen LogP contribution in [0.3, 0.4) is 0 Å². The molecule has 0 spiro atoms. The van der Waals surface area contributed by atoms with Crippen LogP contribution in [-0.4, -0.2) is 28.7 Å². The Morgan fingerprint density at radius 2 is 2.05 bits per heavy atom. The minimum atomic E-state index is -1.15. The Kier molecular flexibility index (Phi) is 5.15. The molecule has 0 saturated carbocycles. The number of carbonyl (C=O) groups is 2. The van der Waals surface area contributed by atoms with Gasteiger partial charge in [0.25, 0.3) is 0 Å².